The van der Waals surface area contributed by atoms with Crippen LogP contribution in [0.5, 0.6) is 0 Å². The number of morpholine rings is 1. The normalized spacial score (nSPS) is 20.2. The van der Waals surface area contributed by atoms with E-state index in [0.29, 0.717) is 32.1 Å². The summed E-state index contributed by atoms with van der Waals surface area (Å²) in [6.45, 7) is 6.51. The topological polar surface area (TPSA) is 70.6 Å². The Morgan fingerprint density at radius 2 is 1.91 bits per heavy atom. The zero-order chi connectivity index (χ0) is 16.1. The van der Waals surface area contributed by atoms with E-state index < -0.39 is 0 Å². The number of hydrogen-bond donors (Lipinski definition) is 1. The zero-order valence-electron chi connectivity index (χ0n) is 13.7. The van der Waals surface area contributed by atoms with Crippen molar-refractivity contribution in [1.29, 1.82) is 0 Å². The lowest BCUT2D eigenvalue weighted by Gasteiger charge is -2.30. The molecule has 1 atom stereocenters. The molecule has 2 fully saturated rings. The summed E-state index contributed by atoms with van der Waals surface area (Å²) >= 11 is 0. The van der Waals surface area contributed by atoms with Gasteiger partial charge >= 0.3 is 0 Å². The second kappa shape index (κ2) is 7.59. The van der Waals surface area contributed by atoms with Crippen molar-refractivity contribution in [3.63, 3.8) is 0 Å². The van der Waals surface area contributed by atoms with Crippen molar-refractivity contribution in [1.82, 2.24) is 14.9 Å². The molecule has 1 aromatic heterocycles. The van der Waals surface area contributed by atoms with E-state index in [-0.39, 0.29) is 11.9 Å². The SMILES string of the molecule is CC(Nc1cc(N2CCCCC2)ncn1)C(=O)N1CCOCC1. The highest BCUT2D eigenvalue weighted by atomic mass is 16.5. The van der Waals surface area contributed by atoms with E-state index in [9.17, 15) is 4.79 Å². The van der Waals surface area contributed by atoms with Crippen molar-refractivity contribution < 1.29 is 9.53 Å². The zero-order valence-corrected chi connectivity index (χ0v) is 13.7. The van der Waals surface area contributed by atoms with Gasteiger partial charge in [-0.15, -0.1) is 0 Å². The molecule has 7 heteroatoms. The number of ether oxygens (including phenoxy) is 1. The Hall–Kier alpha value is -1.89. The Morgan fingerprint density at radius 3 is 2.65 bits per heavy atom. The van der Waals surface area contributed by atoms with Crippen LogP contribution in [0.4, 0.5) is 11.6 Å². The number of carbonyl (C=O) groups is 1. The third-order valence-electron chi connectivity index (χ3n) is 4.39. The molecule has 23 heavy (non-hydrogen) atoms. The van der Waals surface area contributed by atoms with Gasteiger partial charge in [-0.2, -0.15) is 0 Å². The molecule has 0 bridgehead atoms. The number of carbonyl (C=O) groups excluding carboxylic acids is 1. The molecule has 0 spiro atoms. The van der Waals surface area contributed by atoms with Gasteiger partial charge in [-0.05, 0) is 26.2 Å². The Morgan fingerprint density at radius 1 is 1.17 bits per heavy atom. The number of amides is 1. The van der Waals surface area contributed by atoms with Crippen LogP contribution in [0.25, 0.3) is 0 Å². The monoisotopic (exact) mass is 319 g/mol. The minimum Gasteiger partial charge on any atom is -0.378 e. The molecule has 3 heterocycles. The Kier molecular flexibility index (Phi) is 5.27. The highest BCUT2D eigenvalue weighted by molar-refractivity contribution is 5.84. The fourth-order valence-electron chi connectivity index (χ4n) is 3.06. The smallest absolute Gasteiger partial charge is 0.244 e. The molecule has 126 valence electrons. The van der Waals surface area contributed by atoms with Crippen LogP contribution in [0, 0.1) is 0 Å². The summed E-state index contributed by atoms with van der Waals surface area (Å²) in [5.74, 6) is 1.73. The minimum absolute atomic E-state index is 0.0893. The maximum Gasteiger partial charge on any atom is 0.244 e. The molecule has 0 saturated carbocycles. The van der Waals surface area contributed by atoms with E-state index in [2.05, 4.69) is 20.2 Å². The molecule has 1 amide bonds. The predicted molar refractivity (Wildman–Crippen MR) is 88.6 cm³/mol. The van der Waals surface area contributed by atoms with Crippen LogP contribution in [-0.4, -0.2) is 66.2 Å². The first-order chi connectivity index (χ1) is 11.2. The van der Waals surface area contributed by atoms with E-state index in [1.165, 1.54) is 19.3 Å². The second-order valence-electron chi connectivity index (χ2n) is 6.11. The van der Waals surface area contributed by atoms with Crippen molar-refractivity contribution in [2.45, 2.75) is 32.2 Å². The van der Waals surface area contributed by atoms with Crippen LogP contribution in [0.15, 0.2) is 12.4 Å². The summed E-state index contributed by atoms with van der Waals surface area (Å²) < 4.78 is 5.29. The fraction of sp³-hybridized carbons (Fsp3) is 0.688. The molecule has 7 nitrogen and oxygen atoms in total. The van der Waals surface area contributed by atoms with E-state index >= 15 is 0 Å². The average Bonchev–Trinajstić information content (AvgIpc) is 2.63. The summed E-state index contributed by atoms with van der Waals surface area (Å²) in [5.41, 5.74) is 0. The average molecular weight is 319 g/mol. The first kappa shape index (κ1) is 16.0. The summed E-state index contributed by atoms with van der Waals surface area (Å²) in [6.07, 6.45) is 5.27. The predicted octanol–water partition coefficient (Wildman–Crippen LogP) is 1.13. The third kappa shape index (κ3) is 4.10. The van der Waals surface area contributed by atoms with Gasteiger partial charge in [0, 0.05) is 32.2 Å². The van der Waals surface area contributed by atoms with Gasteiger partial charge in [-0.1, -0.05) is 0 Å². The van der Waals surface area contributed by atoms with Crippen molar-refractivity contribution in [2.24, 2.45) is 0 Å². The number of aromatic nitrogens is 2. The number of hydrogen-bond acceptors (Lipinski definition) is 6. The summed E-state index contributed by atoms with van der Waals surface area (Å²) in [4.78, 5) is 25.2. The van der Waals surface area contributed by atoms with Gasteiger partial charge in [0.15, 0.2) is 0 Å². The number of piperidine rings is 1. The van der Waals surface area contributed by atoms with Crippen LogP contribution < -0.4 is 10.2 Å². The number of rotatable bonds is 4. The largest absolute Gasteiger partial charge is 0.378 e. The van der Waals surface area contributed by atoms with Gasteiger partial charge < -0.3 is 19.9 Å². The quantitative estimate of drug-likeness (QED) is 0.897. The molecule has 2 saturated heterocycles. The molecule has 0 aliphatic carbocycles. The first-order valence-corrected chi connectivity index (χ1v) is 8.44. The Labute approximate surface area is 137 Å². The van der Waals surface area contributed by atoms with E-state index in [1.807, 2.05) is 17.9 Å². The molecule has 2 aliphatic rings. The molecular weight excluding hydrogens is 294 g/mol. The lowest BCUT2D eigenvalue weighted by atomic mass is 10.1. The van der Waals surface area contributed by atoms with Crippen LogP contribution in [-0.2, 0) is 9.53 Å². The van der Waals surface area contributed by atoms with Gasteiger partial charge in [0.2, 0.25) is 5.91 Å². The standard InChI is InChI=1S/C16H25N5O2/c1-13(16(22)21-7-9-23-10-8-21)19-14-11-15(18-12-17-14)20-5-3-2-4-6-20/h11-13H,2-10H2,1H3,(H,17,18,19). The lowest BCUT2D eigenvalue weighted by Crippen LogP contribution is -2.47. The van der Waals surface area contributed by atoms with Gasteiger partial charge in [-0.3, -0.25) is 4.79 Å². The van der Waals surface area contributed by atoms with Gasteiger partial charge in [0.05, 0.1) is 13.2 Å². The highest BCUT2D eigenvalue weighted by Crippen LogP contribution is 2.19. The molecule has 0 aromatic carbocycles. The first-order valence-electron chi connectivity index (χ1n) is 8.44. The molecule has 3 rings (SSSR count). The van der Waals surface area contributed by atoms with E-state index in [0.717, 1.165) is 18.9 Å². The van der Waals surface area contributed by atoms with Crippen LogP contribution >= 0.6 is 0 Å². The van der Waals surface area contributed by atoms with Crippen LogP contribution in [0.1, 0.15) is 26.2 Å². The Balaban J connectivity index is 1.61. The molecular formula is C16H25N5O2. The second-order valence-corrected chi connectivity index (χ2v) is 6.11. The number of nitrogens with one attached hydrogen (secondary N) is 1. The Bertz CT molecular complexity index is 527. The lowest BCUT2D eigenvalue weighted by molar-refractivity contribution is -0.135. The van der Waals surface area contributed by atoms with Crippen molar-refractivity contribution >= 4 is 17.5 Å². The van der Waals surface area contributed by atoms with Crippen molar-refractivity contribution in [2.75, 3.05) is 49.6 Å². The molecule has 2 aliphatic heterocycles. The number of nitrogens with zero attached hydrogens (tertiary/aromatic N) is 4. The summed E-state index contributed by atoms with van der Waals surface area (Å²) in [5, 5.41) is 3.21. The van der Waals surface area contributed by atoms with E-state index in [1.54, 1.807) is 6.33 Å². The molecule has 0 radical (unpaired) electrons. The van der Waals surface area contributed by atoms with Crippen LogP contribution in [0.3, 0.4) is 0 Å². The molecule has 1 N–H and O–H groups in total. The van der Waals surface area contributed by atoms with Gasteiger partial charge in [0.1, 0.15) is 24.0 Å². The maximum absolute atomic E-state index is 12.4. The van der Waals surface area contributed by atoms with Gasteiger partial charge in [0.25, 0.3) is 0 Å². The van der Waals surface area contributed by atoms with Crippen LogP contribution in [0.2, 0.25) is 0 Å². The van der Waals surface area contributed by atoms with Crippen molar-refractivity contribution in [3.8, 4) is 0 Å². The molecule has 1 unspecified atom stereocenters. The fourth-order valence-corrected chi connectivity index (χ4v) is 3.06. The molecule has 1 aromatic rings. The summed E-state index contributed by atoms with van der Waals surface area (Å²) in [6, 6.07) is 1.63. The summed E-state index contributed by atoms with van der Waals surface area (Å²) in [7, 11) is 0. The maximum atomic E-state index is 12.4. The van der Waals surface area contributed by atoms with E-state index in [4.69, 9.17) is 4.74 Å². The number of anilines is 2. The highest BCUT2D eigenvalue weighted by Gasteiger charge is 2.23. The minimum atomic E-state index is -0.308. The van der Waals surface area contributed by atoms with Gasteiger partial charge in [-0.25, -0.2) is 9.97 Å². The van der Waals surface area contributed by atoms with Crippen molar-refractivity contribution in [3.05, 3.63) is 12.4 Å². The third-order valence-corrected chi connectivity index (χ3v) is 4.39.